The molecule has 0 saturated carbocycles. The van der Waals surface area contributed by atoms with Crippen LogP contribution in [-0.2, 0) is 4.74 Å². The van der Waals surface area contributed by atoms with Crippen LogP contribution < -0.4 is 16.0 Å². The van der Waals surface area contributed by atoms with Crippen LogP contribution in [0.4, 0.5) is 22.1 Å². The first kappa shape index (κ1) is 17.1. The maximum atomic E-state index is 11.7. The summed E-state index contributed by atoms with van der Waals surface area (Å²) in [4.78, 5) is 24.0. The van der Waals surface area contributed by atoms with E-state index in [9.17, 15) is 4.79 Å². The van der Waals surface area contributed by atoms with Crippen molar-refractivity contribution in [2.45, 2.75) is 26.7 Å². The molecule has 2 rings (SSSR count). The highest BCUT2D eigenvalue weighted by molar-refractivity contribution is 5.75. The van der Waals surface area contributed by atoms with Gasteiger partial charge in [-0.3, -0.25) is 0 Å². The second kappa shape index (κ2) is 8.40. The summed E-state index contributed by atoms with van der Waals surface area (Å²) in [6.45, 7) is 7.73. The second-order valence-electron chi connectivity index (χ2n) is 5.41. The third kappa shape index (κ3) is 4.37. The third-order valence-electron chi connectivity index (χ3n) is 3.79. The van der Waals surface area contributed by atoms with Crippen molar-refractivity contribution in [2.24, 2.45) is 0 Å². The summed E-state index contributed by atoms with van der Waals surface area (Å²) in [7, 11) is 0. The van der Waals surface area contributed by atoms with Gasteiger partial charge in [0.25, 0.3) is 0 Å². The lowest BCUT2D eigenvalue weighted by molar-refractivity contribution is 0.105. The van der Waals surface area contributed by atoms with Gasteiger partial charge in [-0.1, -0.05) is 13.3 Å². The smallest absolute Gasteiger partial charge is 0.409 e. The molecule has 1 aromatic heterocycles. The van der Waals surface area contributed by atoms with E-state index in [-0.39, 0.29) is 6.09 Å². The summed E-state index contributed by atoms with van der Waals surface area (Å²) in [6.07, 6.45) is 3.44. The third-order valence-corrected chi connectivity index (χ3v) is 3.79. The fourth-order valence-corrected chi connectivity index (χ4v) is 2.48. The normalized spacial score (nSPS) is 14.7. The van der Waals surface area contributed by atoms with Gasteiger partial charge in [-0.15, -0.1) is 0 Å². The number of anilines is 3. The Bertz CT molecular complexity index is 517. The molecule has 8 nitrogen and oxygen atoms in total. The molecule has 0 atom stereocenters. The van der Waals surface area contributed by atoms with Crippen LogP contribution in [0.1, 0.15) is 26.7 Å². The lowest BCUT2D eigenvalue weighted by Gasteiger charge is -2.35. The lowest BCUT2D eigenvalue weighted by Crippen LogP contribution is -2.49. The summed E-state index contributed by atoms with van der Waals surface area (Å²) in [5.41, 5.74) is 6.77. The molecule has 0 radical (unpaired) electrons. The van der Waals surface area contributed by atoms with Crippen molar-refractivity contribution in [3.05, 3.63) is 6.33 Å². The minimum absolute atomic E-state index is 0.260. The molecule has 0 aromatic carbocycles. The standard InChI is InChI=1S/C15H26N6O2/c1-3-5-6-17-13-12(16)14(19-11-18-13)20-7-9-21(10-8-20)15(22)23-4-2/h11H,3-10,16H2,1-2H3,(H,17,18,19). The number of rotatable bonds is 6. The summed E-state index contributed by atoms with van der Waals surface area (Å²) < 4.78 is 5.03. The number of aromatic nitrogens is 2. The molecular formula is C15H26N6O2. The van der Waals surface area contributed by atoms with Crippen LogP contribution >= 0.6 is 0 Å². The molecule has 1 aliphatic heterocycles. The van der Waals surface area contributed by atoms with E-state index in [0.29, 0.717) is 44.3 Å². The molecule has 8 heteroatoms. The van der Waals surface area contributed by atoms with Crippen molar-refractivity contribution < 1.29 is 9.53 Å². The molecule has 0 spiro atoms. The van der Waals surface area contributed by atoms with Crippen molar-refractivity contribution in [1.82, 2.24) is 14.9 Å². The van der Waals surface area contributed by atoms with Crippen LogP contribution in [0.5, 0.6) is 0 Å². The molecule has 23 heavy (non-hydrogen) atoms. The van der Waals surface area contributed by atoms with E-state index >= 15 is 0 Å². The summed E-state index contributed by atoms with van der Waals surface area (Å²) >= 11 is 0. The number of amides is 1. The average Bonchev–Trinajstić information content (AvgIpc) is 2.57. The first-order chi connectivity index (χ1) is 11.2. The molecule has 1 aromatic rings. The van der Waals surface area contributed by atoms with E-state index in [0.717, 1.165) is 25.2 Å². The number of carbonyl (C=O) groups excluding carboxylic acids is 1. The molecule has 1 amide bonds. The molecule has 2 heterocycles. The number of carbonyl (C=O) groups is 1. The number of piperazine rings is 1. The topological polar surface area (TPSA) is 96.6 Å². The van der Waals surface area contributed by atoms with E-state index in [4.69, 9.17) is 10.5 Å². The van der Waals surface area contributed by atoms with Gasteiger partial charge in [-0.25, -0.2) is 14.8 Å². The molecule has 1 fully saturated rings. The highest BCUT2D eigenvalue weighted by atomic mass is 16.6. The maximum Gasteiger partial charge on any atom is 0.409 e. The number of nitrogens with one attached hydrogen (secondary N) is 1. The minimum Gasteiger partial charge on any atom is -0.450 e. The quantitative estimate of drug-likeness (QED) is 0.767. The van der Waals surface area contributed by atoms with Gasteiger partial charge in [-0.2, -0.15) is 0 Å². The monoisotopic (exact) mass is 322 g/mol. The zero-order chi connectivity index (χ0) is 16.7. The predicted octanol–water partition coefficient (Wildman–Crippen LogP) is 1.55. The van der Waals surface area contributed by atoms with Crippen molar-refractivity contribution in [2.75, 3.05) is 55.3 Å². The van der Waals surface area contributed by atoms with E-state index < -0.39 is 0 Å². The van der Waals surface area contributed by atoms with Gasteiger partial charge in [0.15, 0.2) is 11.6 Å². The second-order valence-corrected chi connectivity index (χ2v) is 5.41. The summed E-state index contributed by atoms with van der Waals surface area (Å²) in [6, 6.07) is 0. The van der Waals surface area contributed by atoms with Crippen LogP contribution in [0.2, 0.25) is 0 Å². The first-order valence-corrected chi connectivity index (χ1v) is 8.18. The number of nitrogen functional groups attached to an aromatic ring is 1. The van der Waals surface area contributed by atoms with Gasteiger partial charge >= 0.3 is 6.09 Å². The van der Waals surface area contributed by atoms with Gasteiger partial charge in [-0.05, 0) is 13.3 Å². The molecule has 0 bridgehead atoms. The summed E-state index contributed by atoms with van der Waals surface area (Å²) in [5, 5.41) is 3.25. The van der Waals surface area contributed by atoms with Crippen LogP contribution in [0, 0.1) is 0 Å². The van der Waals surface area contributed by atoms with Gasteiger partial charge in [0.1, 0.15) is 12.0 Å². The largest absolute Gasteiger partial charge is 0.450 e. The Kier molecular flexibility index (Phi) is 6.25. The van der Waals surface area contributed by atoms with Crippen LogP contribution in [0.3, 0.4) is 0 Å². The maximum absolute atomic E-state index is 11.7. The SMILES string of the molecule is CCCCNc1ncnc(N2CCN(C(=O)OCC)CC2)c1N. The molecule has 3 N–H and O–H groups in total. The van der Waals surface area contributed by atoms with Gasteiger partial charge in [0.2, 0.25) is 0 Å². The van der Waals surface area contributed by atoms with E-state index in [1.165, 1.54) is 6.33 Å². The number of ether oxygens (including phenoxy) is 1. The van der Waals surface area contributed by atoms with Gasteiger partial charge < -0.3 is 25.6 Å². The van der Waals surface area contributed by atoms with E-state index in [1.54, 1.807) is 4.90 Å². The highest BCUT2D eigenvalue weighted by Gasteiger charge is 2.24. The fraction of sp³-hybridized carbons (Fsp3) is 0.667. The van der Waals surface area contributed by atoms with Crippen LogP contribution in [-0.4, -0.2) is 60.3 Å². The number of nitrogens with two attached hydrogens (primary N) is 1. The van der Waals surface area contributed by atoms with Crippen LogP contribution in [0.25, 0.3) is 0 Å². The Hall–Kier alpha value is -2.25. The van der Waals surface area contributed by atoms with Gasteiger partial charge in [0.05, 0.1) is 6.61 Å². The summed E-state index contributed by atoms with van der Waals surface area (Å²) in [5.74, 6) is 1.40. The number of unbranched alkanes of at least 4 members (excludes halogenated alkanes) is 1. The van der Waals surface area contributed by atoms with Crippen molar-refractivity contribution >= 4 is 23.4 Å². The van der Waals surface area contributed by atoms with Crippen LogP contribution in [0.15, 0.2) is 6.33 Å². The Labute approximate surface area is 137 Å². The highest BCUT2D eigenvalue weighted by Crippen LogP contribution is 2.26. The lowest BCUT2D eigenvalue weighted by atomic mass is 10.3. The number of hydrogen-bond acceptors (Lipinski definition) is 7. The molecule has 0 unspecified atom stereocenters. The number of nitrogens with zero attached hydrogens (tertiary/aromatic N) is 4. The molecule has 1 saturated heterocycles. The molecular weight excluding hydrogens is 296 g/mol. The number of hydrogen-bond donors (Lipinski definition) is 2. The molecule has 128 valence electrons. The Morgan fingerprint density at radius 1 is 1.30 bits per heavy atom. The fourth-order valence-electron chi connectivity index (χ4n) is 2.48. The molecule has 0 aliphatic carbocycles. The van der Waals surface area contributed by atoms with Crippen molar-refractivity contribution in [1.29, 1.82) is 0 Å². The minimum atomic E-state index is -0.260. The molecule has 1 aliphatic rings. The predicted molar refractivity (Wildman–Crippen MR) is 90.7 cm³/mol. The zero-order valence-corrected chi connectivity index (χ0v) is 13.9. The Morgan fingerprint density at radius 2 is 2.04 bits per heavy atom. The van der Waals surface area contributed by atoms with E-state index in [2.05, 4.69) is 27.1 Å². The van der Waals surface area contributed by atoms with Crippen molar-refractivity contribution in [3.8, 4) is 0 Å². The Morgan fingerprint density at radius 3 is 2.70 bits per heavy atom. The zero-order valence-electron chi connectivity index (χ0n) is 13.9. The first-order valence-electron chi connectivity index (χ1n) is 8.18. The van der Waals surface area contributed by atoms with Gasteiger partial charge in [0, 0.05) is 32.7 Å². The van der Waals surface area contributed by atoms with Crippen molar-refractivity contribution in [3.63, 3.8) is 0 Å². The van der Waals surface area contributed by atoms with E-state index in [1.807, 2.05) is 6.92 Å². The Balaban J connectivity index is 1.97. The average molecular weight is 322 g/mol.